The summed E-state index contributed by atoms with van der Waals surface area (Å²) < 4.78 is 28.7. The van der Waals surface area contributed by atoms with Crippen LogP contribution in [0, 0.1) is 3.57 Å². The molecule has 19 heavy (non-hydrogen) atoms. The van der Waals surface area contributed by atoms with E-state index in [4.69, 9.17) is 11.6 Å². The number of hydrogen-bond donors (Lipinski definition) is 0. The molecule has 0 radical (unpaired) electrons. The van der Waals surface area contributed by atoms with Crippen molar-refractivity contribution in [1.82, 2.24) is 0 Å². The van der Waals surface area contributed by atoms with Crippen molar-refractivity contribution < 1.29 is 8.42 Å². The van der Waals surface area contributed by atoms with Gasteiger partial charge in [0.15, 0.2) is 0 Å². The molecule has 0 bridgehead atoms. The lowest BCUT2D eigenvalue weighted by molar-refractivity contribution is 0.598. The van der Waals surface area contributed by atoms with Gasteiger partial charge in [-0.3, -0.25) is 0 Å². The van der Waals surface area contributed by atoms with E-state index in [-0.39, 0.29) is 10.1 Å². The number of benzene rings is 2. The molecule has 0 atom stereocenters. The van der Waals surface area contributed by atoms with E-state index in [2.05, 4.69) is 27.0 Å². The van der Waals surface area contributed by atoms with Crippen LogP contribution in [0.2, 0.25) is 0 Å². The molecular formula is C13H9ClINO2S. The second-order valence-electron chi connectivity index (χ2n) is 3.68. The number of rotatable bonds is 3. The van der Waals surface area contributed by atoms with E-state index < -0.39 is 10.0 Å². The normalized spacial score (nSPS) is 12.4. The Morgan fingerprint density at radius 3 is 2.16 bits per heavy atom. The molecule has 98 valence electrons. The maximum atomic E-state index is 12.1. The smallest absolute Gasteiger partial charge is 0.199 e. The molecule has 0 spiro atoms. The zero-order valence-electron chi connectivity index (χ0n) is 9.62. The van der Waals surface area contributed by atoms with Gasteiger partial charge >= 0.3 is 0 Å². The van der Waals surface area contributed by atoms with Gasteiger partial charge in [0.05, 0.1) is 4.90 Å². The zero-order chi connectivity index (χ0) is 13.9. The van der Waals surface area contributed by atoms with Crippen LogP contribution in [0.15, 0.2) is 63.9 Å². The molecule has 0 heterocycles. The summed E-state index contributed by atoms with van der Waals surface area (Å²) in [6.07, 6.45) is 0. The summed E-state index contributed by atoms with van der Waals surface area (Å²) in [7, 11) is -3.77. The molecule has 0 unspecified atom stereocenters. The highest BCUT2D eigenvalue weighted by Gasteiger charge is 2.14. The molecule has 0 N–H and O–H groups in total. The molecule has 0 amide bonds. The number of sulfonamides is 1. The van der Waals surface area contributed by atoms with Gasteiger partial charge in [0.1, 0.15) is 5.17 Å². The summed E-state index contributed by atoms with van der Waals surface area (Å²) in [5, 5.41) is -0.0425. The van der Waals surface area contributed by atoms with Crippen LogP contribution in [-0.4, -0.2) is 13.6 Å². The van der Waals surface area contributed by atoms with E-state index in [0.29, 0.717) is 5.56 Å². The Labute approximate surface area is 130 Å². The second kappa shape index (κ2) is 6.02. The highest BCUT2D eigenvalue weighted by Crippen LogP contribution is 2.17. The Kier molecular flexibility index (Phi) is 4.59. The first-order chi connectivity index (χ1) is 8.99. The standard InChI is InChI=1S/C13H9ClINO2S/c14-13(10-4-2-1-3-5-10)16-19(17,18)12-8-6-11(15)7-9-12/h1-9H/b16-13-. The van der Waals surface area contributed by atoms with Crippen molar-refractivity contribution in [3.63, 3.8) is 0 Å². The topological polar surface area (TPSA) is 46.5 Å². The lowest BCUT2D eigenvalue weighted by Crippen LogP contribution is -2.01. The van der Waals surface area contributed by atoms with Crippen LogP contribution in [0.25, 0.3) is 0 Å². The summed E-state index contributed by atoms with van der Waals surface area (Å²) in [5.74, 6) is 0. The van der Waals surface area contributed by atoms with Gasteiger partial charge in [0.25, 0.3) is 10.0 Å². The van der Waals surface area contributed by atoms with Crippen LogP contribution in [0.1, 0.15) is 5.56 Å². The molecule has 0 fully saturated rings. The lowest BCUT2D eigenvalue weighted by atomic mass is 10.2. The minimum atomic E-state index is -3.77. The Balaban J connectivity index is 2.39. The predicted molar refractivity (Wildman–Crippen MR) is 85.2 cm³/mol. The fraction of sp³-hybridized carbons (Fsp3) is 0. The molecule has 0 aliphatic rings. The molecular weight excluding hydrogens is 397 g/mol. The summed E-state index contributed by atoms with van der Waals surface area (Å²) in [5.41, 5.74) is 0.568. The van der Waals surface area contributed by atoms with Crippen LogP contribution in [0.3, 0.4) is 0 Å². The van der Waals surface area contributed by atoms with E-state index in [1.165, 1.54) is 12.1 Å². The Hall–Kier alpha value is -0.920. The Bertz CT molecular complexity index is 697. The average Bonchev–Trinajstić information content (AvgIpc) is 2.40. The molecule has 0 aliphatic heterocycles. The van der Waals surface area contributed by atoms with E-state index in [0.717, 1.165) is 3.57 Å². The van der Waals surface area contributed by atoms with E-state index >= 15 is 0 Å². The van der Waals surface area contributed by atoms with Crippen LogP contribution in [0.5, 0.6) is 0 Å². The molecule has 2 aromatic rings. The highest BCUT2D eigenvalue weighted by molar-refractivity contribution is 14.1. The molecule has 3 nitrogen and oxygen atoms in total. The number of hydrogen-bond acceptors (Lipinski definition) is 2. The first-order valence-electron chi connectivity index (χ1n) is 5.30. The van der Waals surface area contributed by atoms with Crippen molar-refractivity contribution in [2.24, 2.45) is 4.40 Å². The predicted octanol–water partition coefficient (Wildman–Crippen LogP) is 3.67. The Morgan fingerprint density at radius 2 is 1.58 bits per heavy atom. The van der Waals surface area contributed by atoms with Gasteiger partial charge in [0, 0.05) is 9.13 Å². The van der Waals surface area contributed by atoms with Gasteiger partial charge in [-0.15, -0.1) is 4.40 Å². The fourth-order valence-electron chi connectivity index (χ4n) is 1.39. The van der Waals surface area contributed by atoms with Gasteiger partial charge in [0.2, 0.25) is 0 Å². The molecule has 0 saturated heterocycles. The van der Waals surface area contributed by atoms with Gasteiger partial charge < -0.3 is 0 Å². The molecule has 0 saturated carbocycles. The third-order valence-corrected chi connectivity index (χ3v) is 4.74. The lowest BCUT2D eigenvalue weighted by Gasteiger charge is -2.01. The van der Waals surface area contributed by atoms with Crippen LogP contribution in [0.4, 0.5) is 0 Å². The molecule has 0 aliphatic carbocycles. The third-order valence-electron chi connectivity index (χ3n) is 2.32. The van der Waals surface area contributed by atoms with Crippen LogP contribution < -0.4 is 0 Å². The summed E-state index contributed by atoms with van der Waals surface area (Å²) in [6, 6.07) is 15.2. The number of nitrogens with zero attached hydrogens (tertiary/aromatic N) is 1. The Morgan fingerprint density at radius 1 is 1.00 bits per heavy atom. The highest BCUT2D eigenvalue weighted by atomic mass is 127. The van der Waals surface area contributed by atoms with E-state index in [1.807, 2.05) is 6.07 Å². The monoisotopic (exact) mass is 405 g/mol. The first kappa shape index (κ1) is 14.5. The largest absolute Gasteiger partial charge is 0.283 e. The fourth-order valence-corrected chi connectivity index (χ4v) is 3.05. The zero-order valence-corrected chi connectivity index (χ0v) is 13.4. The van der Waals surface area contributed by atoms with E-state index in [9.17, 15) is 8.42 Å². The summed E-state index contributed by atoms with van der Waals surface area (Å²) >= 11 is 8.04. The second-order valence-corrected chi connectivity index (χ2v) is 6.88. The van der Waals surface area contributed by atoms with Crippen molar-refractivity contribution >= 4 is 49.4 Å². The third kappa shape index (κ3) is 3.77. The number of halogens is 2. The van der Waals surface area contributed by atoms with Crippen molar-refractivity contribution in [2.45, 2.75) is 4.90 Å². The van der Waals surface area contributed by atoms with Crippen molar-refractivity contribution in [3.05, 3.63) is 63.7 Å². The average molecular weight is 406 g/mol. The minimum absolute atomic E-state index is 0.0425. The summed E-state index contributed by atoms with van der Waals surface area (Å²) in [4.78, 5) is 0.127. The van der Waals surface area contributed by atoms with Crippen molar-refractivity contribution in [1.29, 1.82) is 0 Å². The molecule has 0 aromatic heterocycles. The minimum Gasteiger partial charge on any atom is -0.199 e. The maximum Gasteiger partial charge on any atom is 0.283 e. The SMILES string of the molecule is O=S(=O)(/N=C(\Cl)c1ccccc1)c1ccc(I)cc1. The van der Waals surface area contributed by atoms with Crippen LogP contribution in [-0.2, 0) is 10.0 Å². The van der Waals surface area contributed by atoms with Gasteiger partial charge in [-0.05, 0) is 46.9 Å². The molecule has 6 heteroatoms. The van der Waals surface area contributed by atoms with Gasteiger partial charge in [-0.25, -0.2) is 0 Å². The molecule has 2 aromatic carbocycles. The van der Waals surface area contributed by atoms with Crippen molar-refractivity contribution in [3.8, 4) is 0 Å². The molecule has 2 rings (SSSR count). The van der Waals surface area contributed by atoms with E-state index in [1.54, 1.807) is 36.4 Å². The quantitative estimate of drug-likeness (QED) is 0.578. The van der Waals surface area contributed by atoms with Gasteiger partial charge in [-0.1, -0.05) is 41.9 Å². The van der Waals surface area contributed by atoms with Crippen LogP contribution >= 0.6 is 34.2 Å². The van der Waals surface area contributed by atoms with Gasteiger partial charge in [-0.2, -0.15) is 8.42 Å². The maximum absolute atomic E-state index is 12.1. The van der Waals surface area contributed by atoms with Crippen molar-refractivity contribution in [2.75, 3.05) is 0 Å². The first-order valence-corrected chi connectivity index (χ1v) is 8.20. The summed E-state index contributed by atoms with van der Waals surface area (Å²) in [6.45, 7) is 0.